The number of aliphatic hydroxyl groups excluding tert-OH is 1. The van der Waals surface area contributed by atoms with Gasteiger partial charge in [-0.05, 0) is 66.6 Å². The molecule has 0 fully saturated rings. The van der Waals surface area contributed by atoms with Crippen molar-refractivity contribution in [3.05, 3.63) is 108 Å². The maximum absolute atomic E-state index is 8.92. The molecule has 4 heteroatoms. The van der Waals surface area contributed by atoms with Crippen LogP contribution in [0.25, 0.3) is 0 Å². The summed E-state index contributed by atoms with van der Waals surface area (Å²) in [4.78, 5) is 0. The smallest absolute Gasteiger partial charge is 0.143 e. The van der Waals surface area contributed by atoms with Crippen LogP contribution in [-0.2, 0) is 10.3 Å². The third kappa shape index (κ3) is 6.25. The molecule has 0 aliphatic rings. The monoisotopic (exact) mass is 446 g/mol. The Hall–Kier alpha value is -3.08. The average Bonchev–Trinajstić information content (AvgIpc) is 2.89. The molecule has 0 amide bonds. The first-order chi connectivity index (χ1) is 16.2. The second-order valence-electron chi connectivity index (χ2n) is 7.83. The van der Waals surface area contributed by atoms with Crippen LogP contribution in [0.5, 0.6) is 11.5 Å². The van der Waals surface area contributed by atoms with E-state index in [4.69, 9.17) is 19.3 Å². The molecule has 0 radical (unpaired) electrons. The Balaban J connectivity index is 1.97. The summed E-state index contributed by atoms with van der Waals surface area (Å²) in [7, 11) is 3.35. The van der Waals surface area contributed by atoms with Gasteiger partial charge < -0.3 is 19.3 Å². The van der Waals surface area contributed by atoms with Crippen molar-refractivity contribution in [3.8, 4) is 11.5 Å². The quantitative estimate of drug-likeness (QED) is 0.195. The fourth-order valence-electron chi connectivity index (χ4n) is 3.95. The highest BCUT2D eigenvalue weighted by Crippen LogP contribution is 2.41. The van der Waals surface area contributed by atoms with E-state index < -0.39 is 5.60 Å². The number of allylic oxidation sites excluding steroid dienone is 2. The molecule has 1 N–H and O–H groups in total. The molecule has 0 aliphatic heterocycles. The summed E-state index contributed by atoms with van der Waals surface area (Å²) in [6.07, 6.45) is 7.84. The van der Waals surface area contributed by atoms with Crippen LogP contribution >= 0.6 is 0 Å². The molecule has 174 valence electrons. The van der Waals surface area contributed by atoms with Crippen molar-refractivity contribution in [1.82, 2.24) is 0 Å². The van der Waals surface area contributed by atoms with Gasteiger partial charge in [-0.15, -0.1) is 0 Å². The normalized spacial score (nSPS) is 11.6. The second kappa shape index (κ2) is 12.8. The molecule has 0 bridgehead atoms. The Kier molecular flexibility index (Phi) is 9.55. The van der Waals surface area contributed by atoms with Crippen LogP contribution in [0.3, 0.4) is 0 Å². The maximum atomic E-state index is 8.92. The van der Waals surface area contributed by atoms with E-state index in [0.717, 1.165) is 53.9 Å². The molecule has 0 spiro atoms. The minimum atomic E-state index is -0.763. The molecule has 4 nitrogen and oxygen atoms in total. The van der Waals surface area contributed by atoms with Crippen LogP contribution < -0.4 is 9.47 Å². The van der Waals surface area contributed by atoms with Gasteiger partial charge >= 0.3 is 0 Å². The van der Waals surface area contributed by atoms with Crippen LogP contribution in [0.2, 0.25) is 0 Å². The highest BCUT2D eigenvalue weighted by Gasteiger charge is 2.37. The minimum Gasteiger partial charge on any atom is -0.497 e. The molecule has 0 aromatic heterocycles. The topological polar surface area (TPSA) is 47.9 Å². The maximum Gasteiger partial charge on any atom is 0.143 e. The molecule has 33 heavy (non-hydrogen) atoms. The largest absolute Gasteiger partial charge is 0.497 e. The number of rotatable bonds is 13. The molecule has 0 aliphatic carbocycles. The van der Waals surface area contributed by atoms with Crippen LogP contribution in [0.4, 0.5) is 0 Å². The van der Waals surface area contributed by atoms with Crippen molar-refractivity contribution < 1.29 is 19.3 Å². The third-order valence-corrected chi connectivity index (χ3v) is 5.70. The average molecular weight is 447 g/mol. The van der Waals surface area contributed by atoms with Crippen molar-refractivity contribution >= 4 is 0 Å². The van der Waals surface area contributed by atoms with E-state index in [1.807, 2.05) is 42.5 Å². The number of aliphatic hydroxyl groups is 1. The highest BCUT2D eigenvalue weighted by atomic mass is 16.5. The van der Waals surface area contributed by atoms with Gasteiger partial charge in [0.15, 0.2) is 0 Å². The van der Waals surface area contributed by atoms with E-state index in [0.29, 0.717) is 6.61 Å². The summed E-state index contributed by atoms with van der Waals surface area (Å²) in [5.74, 6) is 1.62. The lowest BCUT2D eigenvalue weighted by Crippen LogP contribution is -2.33. The highest BCUT2D eigenvalue weighted by molar-refractivity contribution is 5.49. The molecule has 3 rings (SSSR count). The Bertz CT molecular complexity index is 915. The van der Waals surface area contributed by atoms with Gasteiger partial charge in [0.1, 0.15) is 17.1 Å². The number of hydrogen-bond donors (Lipinski definition) is 1. The molecular weight excluding hydrogens is 412 g/mol. The van der Waals surface area contributed by atoms with Crippen LogP contribution in [-0.4, -0.2) is 32.5 Å². The molecule has 0 atom stereocenters. The zero-order valence-electron chi connectivity index (χ0n) is 19.6. The van der Waals surface area contributed by atoms with Crippen LogP contribution in [0, 0.1) is 0 Å². The van der Waals surface area contributed by atoms with E-state index in [9.17, 15) is 0 Å². The van der Waals surface area contributed by atoms with Crippen molar-refractivity contribution in [2.45, 2.75) is 31.3 Å². The number of methoxy groups -OCH3 is 2. The van der Waals surface area contributed by atoms with Gasteiger partial charge in [0.05, 0.1) is 14.2 Å². The molecule has 0 unspecified atom stereocenters. The molecule has 0 saturated heterocycles. The van der Waals surface area contributed by atoms with Gasteiger partial charge in [-0.25, -0.2) is 0 Å². The summed E-state index contributed by atoms with van der Waals surface area (Å²) in [6.45, 7) is 0.827. The molecule has 0 heterocycles. The first-order valence-corrected chi connectivity index (χ1v) is 11.5. The van der Waals surface area contributed by atoms with Gasteiger partial charge in [-0.3, -0.25) is 0 Å². The van der Waals surface area contributed by atoms with Gasteiger partial charge in [-0.2, -0.15) is 0 Å². The fourth-order valence-corrected chi connectivity index (χ4v) is 3.95. The van der Waals surface area contributed by atoms with Gasteiger partial charge in [0.25, 0.3) is 0 Å². The summed E-state index contributed by atoms with van der Waals surface area (Å²) in [6, 6.07) is 26.5. The Labute approximate surface area is 197 Å². The standard InChI is InChI=1S/C29H34O4/c1-31-27-18-14-25(15-19-27)29(24-12-8-7-9-13-24,26-16-20-28(32-2)21-17-26)33-23-11-6-4-3-5-10-22-30/h3-4,7-9,12-21,30H,5-6,10-11,22-23H2,1-2H3/b4-3+. The molecule has 3 aromatic carbocycles. The van der Waals surface area contributed by atoms with Crippen molar-refractivity contribution in [2.24, 2.45) is 0 Å². The van der Waals surface area contributed by atoms with E-state index in [2.05, 4.69) is 48.6 Å². The second-order valence-corrected chi connectivity index (χ2v) is 7.83. The molecular formula is C29H34O4. The van der Waals surface area contributed by atoms with Crippen molar-refractivity contribution in [2.75, 3.05) is 27.4 Å². The predicted octanol–water partition coefficient (Wildman–Crippen LogP) is 6.12. The predicted molar refractivity (Wildman–Crippen MR) is 133 cm³/mol. The molecule has 0 saturated carbocycles. The Morgan fingerprint density at radius 1 is 0.667 bits per heavy atom. The molecule has 3 aromatic rings. The summed E-state index contributed by atoms with van der Waals surface area (Å²) in [5, 5.41) is 8.92. The van der Waals surface area contributed by atoms with E-state index >= 15 is 0 Å². The van der Waals surface area contributed by atoms with E-state index in [1.165, 1.54) is 0 Å². The first kappa shape index (κ1) is 24.6. The zero-order chi connectivity index (χ0) is 23.4. The number of hydrogen-bond acceptors (Lipinski definition) is 4. The van der Waals surface area contributed by atoms with Gasteiger partial charge in [-0.1, -0.05) is 66.7 Å². The van der Waals surface area contributed by atoms with Crippen molar-refractivity contribution in [3.63, 3.8) is 0 Å². The summed E-state index contributed by atoms with van der Waals surface area (Å²) >= 11 is 0. The zero-order valence-corrected chi connectivity index (χ0v) is 19.6. The Morgan fingerprint density at radius 3 is 1.64 bits per heavy atom. The van der Waals surface area contributed by atoms with Crippen LogP contribution in [0.15, 0.2) is 91.0 Å². The number of unbranched alkanes of at least 4 members (excludes halogenated alkanes) is 2. The van der Waals surface area contributed by atoms with Gasteiger partial charge in [0, 0.05) is 13.2 Å². The van der Waals surface area contributed by atoms with Crippen molar-refractivity contribution in [1.29, 1.82) is 0 Å². The lowest BCUT2D eigenvalue weighted by molar-refractivity contribution is 0.0118. The first-order valence-electron chi connectivity index (χ1n) is 11.5. The summed E-state index contributed by atoms with van der Waals surface area (Å²) in [5.41, 5.74) is 2.38. The number of benzene rings is 3. The SMILES string of the molecule is COc1ccc(C(OCCC/C=C/CCCO)(c2ccccc2)c2ccc(OC)cc2)cc1. The van der Waals surface area contributed by atoms with E-state index in [1.54, 1.807) is 14.2 Å². The van der Waals surface area contributed by atoms with Crippen LogP contribution in [0.1, 0.15) is 42.4 Å². The number of ether oxygens (including phenoxy) is 3. The third-order valence-electron chi connectivity index (χ3n) is 5.70. The minimum absolute atomic E-state index is 0.233. The lowest BCUT2D eigenvalue weighted by atomic mass is 9.80. The van der Waals surface area contributed by atoms with E-state index in [-0.39, 0.29) is 6.61 Å². The summed E-state index contributed by atoms with van der Waals surface area (Å²) < 4.78 is 17.6. The van der Waals surface area contributed by atoms with Gasteiger partial charge in [0.2, 0.25) is 0 Å². The Morgan fingerprint density at radius 2 is 1.15 bits per heavy atom. The lowest BCUT2D eigenvalue weighted by Gasteiger charge is -2.36. The fraction of sp³-hybridized carbons (Fsp3) is 0.310.